The molecule has 2 N–H and O–H groups in total. The van der Waals surface area contributed by atoms with Crippen LogP contribution in [0.15, 0.2) is 36.4 Å². The van der Waals surface area contributed by atoms with Gasteiger partial charge in [0.25, 0.3) is 5.91 Å². The molecule has 39 heavy (non-hydrogen) atoms. The average Bonchev–Trinajstić information content (AvgIpc) is 2.84. The summed E-state index contributed by atoms with van der Waals surface area (Å²) in [7, 11) is 0. The van der Waals surface area contributed by atoms with Crippen LogP contribution in [0.4, 0.5) is 10.5 Å². The van der Waals surface area contributed by atoms with Crippen LogP contribution in [0.1, 0.15) is 61.1 Å². The lowest BCUT2D eigenvalue weighted by Gasteiger charge is -2.33. The monoisotopic (exact) mass is 552 g/mol. The van der Waals surface area contributed by atoms with Gasteiger partial charge in [0.1, 0.15) is 24.2 Å². The van der Waals surface area contributed by atoms with Crippen molar-refractivity contribution in [3.05, 3.63) is 64.2 Å². The maximum atomic E-state index is 14.0. The number of thioether (sulfide) groups is 1. The number of benzene rings is 2. The van der Waals surface area contributed by atoms with E-state index in [1.54, 1.807) is 26.8 Å². The molecule has 0 saturated carbocycles. The van der Waals surface area contributed by atoms with Crippen molar-refractivity contribution >= 4 is 35.4 Å². The van der Waals surface area contributed by atoms with E-state index in [2.05, 4.69) is 10.6 Å². The lowest BCUT2D eigenvalue weighted by molar-refractivity contribution is -0.140. The molecule has 210 valence electrons. The van der Waals surface area contributed by atoms with Crippen molar-refractivity contribution in [2.24, 2.45) is 0 Å². The second-order valence-electron chi connectivity index (χ2n) is 10.6. The van der Waals surface area contributed by atoms with Crippen molar-refractivity contribution in [1.29, 1.82) is 5.26 Å². The molecule has 0 aliphatic heterocycles. The number of rotatable bonds is 10. The molecule has 9 heteroatoms. The number of ether oxygens (including phenoxy) is 1. The number of hydrogen-bond acceptors (Lipinski definition) is 6. The zero-order chi connectivity index (χ0) is 29.3. The second kappa shape index (κ2) is 14.0. The first-order chi connectivity index (χ1) is 18.3. The smallest absolute Gasteiger partial charge is 0.408 e. The molecule has 2 rings (SSSR count). The molecular weight excluding hydrogens is 512 g/mol. The fourth-order valence-corrected chi connectivity index (χ4v) is 4.60. The van der Waals surface area contributed by atoms with Gasteiger partial charge in [0.05, 0.1) is 6.07 Å². The number of anilines is 1. The van der Waals surface area contributed by atoms with E-state index in [9.17, 15) is 19.6 Å². The highest BCUT2D eigenvalue weighted by atomic mass is 32.2. The van der Waals surface area contributed by atoms with E-state index in [0.717, 1.165) is 22.3 Å². The van der Waals surface area contributed by atoms with E-state index >= 15 is 0 Å². The zero-order valence-electron chi connectivity index (χ0n) is 24.2. The van der Waals surface area contributed by atoms with E-state index in [4.69, 9.17) is 4.74 Å². The van der Waals surface area contributed by atoms with E-state index < -0.39 is 35.6 Å². The average molecular weight is 553 g/mol. The minimum absolute atomic E-state index is 0.305. The summed E-state index contributed by atoms with van der Waals surface area (Å²) in [5, 5.41) is 15.4. The summed E-state index contributed by atoms with van der Waals surface area (Å²) < 4.78 is 5.39. The fourth-order valence-electron chi connectivity index (χ4n) is 4.13. The van der Waals surface area contributed by atoms with Gasteiger partial charge in [-0.3, -0.25) is 9.59 Å². The number of nitrogens with one attached hydrogen (secondary N) is 2. The third-order valence-electron chi connectivity index (χ3n) is 6.26. The lowest BCUT2D eigenvalue weighted by Crippen LogP contribution is -2.52. The van der Waals surface area contributed by atoms with Gasteiger partial charge in [-0.1, -0.05) is 36.4 Å². The highest BCUT2D eigenvalue weighted by Gasteiger charge is 2.36. The van der Waals surface area contributed by atoms with E-state index in [1.807, 2.05) is 70.4 Å². The molecule has 0 bridgehead atoms. The first kappa shape index (κ1) is 31.7. The Balaban J connectivity index is 2.57. The standard InChI is InChI=1S/C30H40N4O4S/c1-19-12-13-23(18-22(19)4)26(27(35)33-25-20(2)10-9-11-21(25)3)34(16-15-31)28(36)24(14-17-39-8)32-29(37)38-30(5,6)7/h9-13,18,24,26H,14,16-17H2,1-8H3,(H,32,37)(H,33,35). The molecule has 0 fully saturated rings. The minimum Gasteiger partial charge on any atom is -0.444 e. The number of aryl methyl sites for hydroxylation is 4. The molecule has 8 nitrogen and oxygen atoms in total. The van der Waals surface area contributed by atoms with E-state index in [1.165, 1.54) is 16.7 Å². The van der Waals surface area contributed by atoms with Crippen LogP contribution in [0.3, 0.4) is 0 Å². The maximum Gasteiger partial charge on any atom is 0.408 e. The van der Waals surface area contributed by atoms with Gasteiger partial charge in [0, 0.05) is 5.69 Å². The van der Waals surface area contributed by atoms with Gasteiger partial charge in [-0.05, 0) is 94.7 Å². The van der Waals surface area contributed by atoms with Gasteiger partial charge in [-0.2, -0.15) is 17.0 Å². The highest BCUT2D eigenvalue weighted by molar-refractivity contribution is 7.98. The molecule has 0 saturated heterocycles. The highest BCUT2D eigenvalue weighted by Crippen LogP contribution is 2.28. The van der Waals surface area contributed by atoms with Crippen LogP contribution >= 0.6 is 11.8 Å². The number of hydrogen-bond donors (Lipinski definition) is 2. The number of nitrogens with zero attached hydrogens (tertiary/aromatic N) is 2. The summed E-state index contributed by atoms with van der Waals surface area (Å²) in [6.45, 7) is 12.6. The molecule has 0 radical (unpaired) electrons. The predicted molar refractivity (Wildman–Crippen MR) is 157 cm³/mol. The first-order valence-corrected chi connectivity index (χ1v) is 14.3. The van der Waals surface area contributed by atoms with Crippen LogP contribution < -0.4 is 10.6 Å². The topological polar surface area (TPSA) is 112 Å². The van der Waals surface area contributed by atoms with Gasteiger partial charge < -0.3 is 20.3 Å². The summed E-state index contributed by atoms with van der Waals surface area (Å²) in [5.74, 6) is -0.397. The Labute approximate surface area is 236 Å². The Morgan fingerprint density at radius 1 is 1.03 bits per heavy atom. The quantitative estimate of drug-likeness (QED) is 0.371. The van der Waals surface area contributed by atoms with Crippen molar-refractivity contribution in [2.45, 2.75) is 72.6 Å². The summed E-state index contributed by atoms with van der Waals surface area (Å²) in [5.41, 5.74) is 4.23. The molecule has 0 heterocycles. The Hall–Kier alpha value is -3.51. The molecule has 0 aromatic heterocycles. The third-order valence-corrected chi connectivity index (χ3v) is 6.90. The predicted octanol–water partition coefficient (Wildman–Crippen LogP) is 5.60. The Morgan fingerprint density at radius 2 is 1.67 bits per heavy atom. The van der Waals surface area contributed by atoms with Crippen LogP contribution in [0.5, 0.6) is 0 Å². The van der Waals surface area contributed by atoms with Crippen LogP contribution in [-0.2, 0) is 14.3 Å². The number of amides is 3. The summed E-state index contributed by atoms with van der Waals surface area (Å²) in [6, 6.07) is 11.2. The normalized spacial score (nSPS) is 12.6. The lowest BCUT2D eigenvalue weighted by atomic mass is 9.97. The molecular formula is C30H40N4O4S. The van der Waals surface area contributed by atoms with Crippen molar-refractivity contribution in [2.75, 3.05) is 23.9 Å². The Bertz CT molecular complexity index is 1210. The Morgan fingerprint density at radius 3 is 2.21 bits per heavy atom. The molecule has 2 aromatic carbocycles. The van der Waals surface area contributed by atoms with Gasteiger partial charge >= 0.3 is 6.09 Å². The molecule has 2 aromatic rings. The van der Waals surface area contributed by atoms with Gasteiger partial charge in [0.2, 0.25) is 5.91 Å². The SMILES string of the molecule is CSCCC(NC(=O)OC(C)(C)C)C(=O)N(CC#N)C(C(=O)Nc1c(C)cccc1C)c1ccc(C)c(C)c1. The summed E-state index contributed by atoms with van der Waals surface area (Å²) >= 11 is 1.53. The number of para-hydroxylation sites is 1. The molecule has 0 aliphatic rings. The van der Waals surface area contributed by atoms with Gasteiger partial charge in [-0.25, -0.2) is 4.79 Å². The summed E-state index contributed by atoms with van der Waals surface area (Å²) in [6.07, 6.45) is 1.47. The van der Waals surface area contributed by atoms with Crippen molar-refractivity contribution in [1.82, 2.24) is 10.2 Å². The molecule has 0 aliphatic carbocycles. The number of nitriles is 1. The number of carbonyl (C=O) groups is 3. The first-order valence-electron chi connectivity index (χ1n) is 12.9. The Kier molecular flexibility index (Phi) is 11.4. The van der Waals surface area contributed by atoms with Gasteiger partial charge in [0.15, 0.2) is 0 Å². The zero-order valence-corrected chi connectivity index (χ0v) is 25.0. The van der Waals surface area contributed by atoms with Crippen LogP contribution in [0.2, 0.25) is 0 Å². The van der Waals surface area contributed by atoms with Gasteiger partial charge in [-0.15, -0.1) is 0 Å². The molecule has 3 amide bonds. The van der Waals surface area contributed by atoms with Crippen LogP contribution in [0.25, 0.3) is 0 Å². The van der Waals surface area contributed by atoms with Crippen LogP contribution in [0, 0.1) is 39.0 Å². The van der Waals surface area contributed by atoms with E-state index in [-0.39, 0.29) is 6.54 Å². The fraction of sp³-hybridized carbons (Fsp3) is 0.467. The molecule has 2 unspecified atom stereocenters. The summed E-state index contributed by atoms with van der Waals surface area (Å²) in [4.78, 5) is 41.8. The van der Waals surface area contributed by atoms with Crippen molar-refractivity contribution in [3.63, 3.8) is 0 Å². The van der Waals surface area contributed by atoms with E-state index in [0.29, 0.717) is 23.4 Å². The number of alkyl carbamates (subject to hydrolysis) is 1. The largest absolute Gasteiger partial charge is 0.444 e. The minimum atomic E-state index is -1.10. The second-order valence-corrected chi connectivity index (χ2v) is 11.6. The maximum absolute atomic E-state index is 14.0. The third kappa shape index (κ3) is 9.03. The van der Waals surface area contributed by atoms with Crippen molar-refractivity contribution in [3.8, 4) is 6.07 Å². The molecule has 2 atom stereocenters. The van der Waals surface area contributed by atoms with Crippen molar-refractivity contribution < 1.29 is 19.1 Å². The van der Waals surface area contributed by atoms with Crippen LogP contribution in [-0.4, -0.2) is 53.0 Å². The molecule has 0 spiro atoms. The number of carbonyl (C=O) groups excluding carboxylic acids is 3.